The molecule has 0 saturated heterocycles. The summed E-state index contributed by atoms with van der Waals surface area (Å²) in [6, 6.07) is 3.53. The van der Waals surface area contributed by atoms with Crippen LogP contribution in [0, 0.1) is 12.3 Å². The summed E-state index contributed by atoms with van der Waals surface area (Å²) in [5, 5.41) is 4.02. The molecule has 0 bridgehead atoms. The summed E-state index contributed by atoms with van der Waals surface area (Å²) >= 11 is 0. The van der Waals surface area contributed by atoms with Crippen LogP contribution in [-0.2, 0) is 4.74 Å². The molecule has 2 rings (SSSR count). The van der Waals surface area contributed by atoms with Crippen LogP contribution in [0.5, 0.6) is 0 Å². The van der Waals surface area contributed by atoms with Crippen LogP contribution in [-0.4, -0.2) is 22.7 Å². The Hall–Kier alpha value is -2.28. The highest BCUT2D eigenvalue weighted by atomic mass is 16.5. The number of nitrogens with zero attached hydrogens (tertiary/aromatic N) is 2. The molecule has 2 heterocycles. The number of rotatable bonds is 1. The van der Waals surface area contributed by atoms with Gasteiger partial charge in [0.2, 0.25) is 0 Å². The van der Waals surface area contributed by atoms with E-state index in [1.807, 2.05) is 0 Å². The molecule has 4 heteroatoms. The van der Waals surface area contributed by atoms with Gasteiger partial charge in [0.05, 0.1) is 24.4 Å². The van der Waals surface area contributed by atoms with Crippen molar-refractivity contribution < 1.29 is 9.53 Å². The molecular weight excluding hydrogens is 192 g/mol. The van der Waals surface area contributed by atoms with Crippen molar-refractivity contribution in [1.82, 2.24) is 9.61 Å². The average molecular weight is 200 g/mol. The van der Waals surface area contributed by atoms with Gasteiger partial charge in [-0.1, -0.05) is 5.92 Å². The lowest BCUT2D eigenvalue weighted by molar-refractivity contribution is 0.0603. The molecule has 0 aliphatic heterocycles. The van der Waals surface area contributed by atoms with Crippen LogP contribution < -0.4 is 0 Å². The van der Waals surface area contributed by atoms with Gasteiger partial charge in [0.1, 0.15) is 5.56 Å². The van der Waals surface area contributed by atoms with Crippen molar-refractivity contribution in [2.24, 2.45) is 0 Å². The molecule has 0 spiro atoms. The number of carbonyl (C=O) groups is 1. The van der Waals surface area contributed by atoms with Crippen LogP contribution in [0.4, 0.5) is 0 Å². The minimum atomic E-state index is -0.437. The zero-order valence-electron chi connectivity index (χ0n) is 8.10. The molecule has 0 N–H and O–H groups in total. The fourth-order valence-corrected chi connectivity index (χ4v) is 1.42. The molecular formula is C11H8N2O2. The second kappa shape index (κ2) is 3.46. The first-order chi connectivity index (χ1) is 7.27. The Labute approximate surface area is 86.5 Å². The number of ether oxygens (including phenoxy) is 1. The average Bonchev–Trinajstić information content (AvgIpc) is 2.71. The van der Waals surface area contributed by atoms with Crippen LogP contribution in [0.2, 0.25) is 0 Å². The minimum absolute atomic E-state index is 0.381. The van der Waals surface area contributed by atoms with Gasteiger partial charge in [-0.25, -0.2) is 9.31 Å². The van der Waals surface area contributed by atoms with Gasteiger partial charge >= 0.3 is 5.97 Å². The number of hydrogen-bond donors (Lipinski definition) is 0. The molecule has 2 aromatic rings. The molecule has 0 atom stereocenters. The highest BCUT2D eigenvalue weighted by molar-refractivity contribution is 5.98. The quantitative estimate of drug-likeness (QED) is 0.511. The number of esters is 1. The maximum absolute atomic E-state index is 11.4. The summed E-state index contributed by atoms with van der Waals surface area (Å²) < 4.78 is 6.20. The van der Waals surface area contributed by atoms with Crippen LogP contribution in [0.3, 0.4) is 0 Å². The molecule has 0 aliphatic rings. The summed E-state index contributed by atoms with van der Waals surface area (Å²) in [6.07, 6.45) is 8.51. The Bertz CT molecular complexity index is 563. The van der Waals surface area contributed by atoms with Crippen molar-refractivity contribution in [2.45, 2.75) is 0 Å². The van der Waals surface area contributed by atoms with E-state index in [1.54, 1.807) is 22.8 Å². The second-order valence-corrected chi connectivity index (χ2v) is 2.91. The molecule has 0 unspecified atom stereocenters. The Morgan fingerprint density at radius 3 is 3.13 bits per heavy atom. The fourth-order valence-electron chi connectivity index (χ4n) is 1.42. The van der Waals surface area contributed by atoms with Gasteiger partial charge in [-0.05, 0) is 12.1 Å². The van der Waals surface area contributed by atoms with E-state index in [9.17, 15) is 4.79 Å². The Kier molecular flexibility index (Phi) is 2.14. The molecule has 0 aromatic carbocycles. The van der Waals surface area contributed by atoms with E-state index in [0.29, 0.717) is 16.6 Å². The first kappa shape index (κ1) is 9.28. The third-order valence-electron chi connectivity index (χ3n) is 2.10. The highest BCUT2D eigenvalue weighted by Gasteiger charge is 2.14. The van der Waals surface area contributed by atoms with Gasteiger partial charge in [-0.15, -0.1) is 6.42 Å². The number of carbonyl (C=O) groups excluding carboxylic acids is 1. The minimum Gasteiger partial charge on any atom is -0.465 e. The van der Waals surface area contributed by atoms with Gasteiger partial charge in [0, 0.05) is 6.20 Å². The molecule has 0 fully saturated rings. The first-order valence-electron chi connectivity index (χ1n) is 4.29. The standard InChI is InChI=1S/C11H8N2O2/c1-3-8-5-4-6-13-10(8)9(7-12-13)11(14)15-2/h1,4-7H,2H3. The van der Waals surface area contributed by atoms with Crippen molar-refractivity contribution in [2.75, 3.05) is 7.11 Å². The number of terminal acetylenes is 1. The summed E-state index contributed by atoms with van der Waals surface area (Å²) in [4.78, 5) is 11.4. The zero-order chi connectivity index (χ0) is 10.8. The molecule has 0 aliphatic carbocycles. The number of fused-ring (bicyclic) bond motifs is 1. The van der Waals surface area contributed by atoms with Crippen LogP contribution in [0.25, 0.3) is 5.52 Å². The third kappa shape index (κ3) is 1.34. The van der Waals surface area contributed by atoms with Crippen LogP contribution in [0.15, 0.2) is 24.5 Å². The topological polar surface area (TPSA) is 43.6 Å². The largest absolute Gasteiger partial charge is 0.465 e. The first-order valence-corrected chi connectivity index (χ1v) is 4.29. The van der Waals surface area contributed by atoms with Crippen molar-refractivity contribution in [1.29, 1.82) is 0 Å². The second-order valence-electron chi connectivity index (χ2n) is 2.91. The zero-order valence-corrected chi connectivity index (χ0v) is 8.10. The van der Waals surface area contributed by atoms with Crippen LogP contribution in [0.1, 0.15) is 15.9 Å². The smallest absolute Gasteiger partial charge is 0.341 e. The lowest BCUT2D eigenvalue weighted by Gasteiger charge is -1.99. The molecule has 0 radical (unpaired) electrons. The monoisotopic (exact) mass is 200 g/mol. The predicted octanol–water partition coefficient (Wildman–Crippen LogP) is 1.10. The Balaban J connectivity index is 2.78. The normalized spacial score (nSPS) is 9.87. The van der Waals surface area contributed by atoms with E-state index in [0.717, 1.165) is 0 Å². The van der Waals surface area contributed by atoms with Gasteiger partial charge in [0.15, 0.2) is 0 Å². The van der Waals surface area contributed by atoms with Crippen molar-refractivity contribution in [3.8, 4) is 12.3 Å². The van der Waals surface area contributed by atoms with E-state index >= 15 is 0 Å². The molecule has 74 valence electrons. The molecule has 4 nitrogen and oxygen atoms in total. The fraction of sp³-hybridized carbons (Fsp3) is 0.0909. The predicted molar refractivity (Wildman–Crippen MR) is 54.5 cm³/mol. The molecule has 15 heavy (non-hydrogen) atoms. The SMILES string of the molecule is C#Cc1cccn2ncc(C(=O)OC)c12. The lowest BCUT2D eigenvalue weighted by Crippen LogP contribution is -2.01. The Morgan fingerprint density at radius 2 is 2.47 bits per heavy atom. The summed E-state index contributed by atoms with van der Waals surface area (Å²) in [6.45, 7) is 0. The van der Waals surface area contributed by atoms with Gasteiger partial charge in [-0.2, -0.15) is 5.10 Å². The van der Waals surface area contributed by atoms with Gasteiger partial charge in [0.25, 0.3) is 0 Å². The van der Waals surface area contributed by atoms with Gasteiger partial charge in [-0.3, -0.25) is 0 Å². The van der Waals surface area contributed by atoms with E-state index in [1.165, 1.54) is 13.3 Å². The number of pyridine rings is 1. The summed E-state index contributed by atoms with van der Waals surface area (Å²) in [5.74, 6) is 2.07. The molecule has 2 aromatic heterocycles. The van der Waals surface area contributed by atoms with Crippen molar-refractivity contribution in [3.05, 3.63) is 35.7 Å². The van der Waals surface area contributed by atoms with Crippen molar-refractivity contribution in [3.63, 3.8) is 0 Å². The van der Waals surface area contributed by atoms with E-state index in [4.69, 9.17) is 6.42 Å². The van der Waals surface area contributed by atoms with E-state index in [-0.39, 0.29) is 0 Å². The number of aromatic nitrogens is 2. The van der Waals surface area contributed by atoms with Gasteiger partial charge < -0.3 is 4.74 Å². The van der Waals surface area contributed by atoms with Crippen LogP contribution >= 0.6 is 0 Å². The van der Waals surface area contributed by atoms with Crippen molar-refractivity contribution >= 4 is 11.5 Å². The third-order valence-corrected chi connectivity index (χ3v) is 2.10. The number of methoxy groups -OCH3 is 1. The highest BCUT2D eigenvalue weighted by Crippen LogP contribution is 2.15. The maximum Gasteiger partial charge on any atom is 0.341 e. The summed E-state index contributed by atoms with van der Waals surface area (Å²) in [5.41, 5.74) is 1.60. The molecule has 0 amide bonds. The van der Waals surface area contributed by atoms with E-state index in [2.05, 4.69) is 15.8 Å². The summed E-state index contributed by atoms with van der Waals surface area (Å²) in [7, 11) is 1.32. The number of hydrogen-bond acceptors (Lipinski definition) is 3. The van der Waals surface area contributed by atoms with E-state index < -0.39 is 5.97 Å². The Morgan fingerprint density at radius 1 is 1.67 bits per heavy atom. The molecule has 0 saturated carbocycles. The lowest BCUT2D eigenvalue weighted by atomic mass is 10.2. The maximum atomic E-state index is 11.4.